The van der Waals surface area contributed by atoms with Gasteiger partial charge >= 0.3 is 0 Å². The van der Waals surface area contributed by atoms with Crippen molar-refractivity contribution in [1.82, 2.24) is 0 Å². The van der Waals surface area contributed by atoms with E-state index >= 15 is 0 Å². The summed E-state index contributed by atoms with van der Waals surface area (Å²) in [4.78, 5) is 11.9. The second kappa shape index (κ2) is 6.35. The molecule has 0 saturated carbocycles. The van der Waals surface area contributed by atoms with Crippen molar-refractivity contribution < 1.29 is 13.9 Å². The van der Waals surface area contributed by atoms with Crippen LogP contribution in [0.5, 0.6) is 5.75 Å². The molecule has 0 aliphatic carbocycles. The largest absolute Gasteiger partial charge is 0.484 e. The molecular formula is C17H18N2O3. The van der Waals surface area contributed by atoms with Gasteiger partial charge in [0.15, 0.2) is 6.61 Å². The Labute approximate surface area is 129 Å². The predicted molar refractivity (Wildman–Crippen MR) is 82.9 cm³/mol. The average molecular weight is 298 g/mol. The molecule has 2 rings (SSSR count). The smallest absolute Gasteiger partial charge is 0.264 e. The summed E-state index contributed by atoms with van der Waals surface area (Å²) in [6.07, 6.45) is 0. The summed E-state index contributed by atoms with van der Waals surface area (Å²) in [5, 5.41) is 11.7. The number of amides is 1. The molecule has 0 atom stereocenters. The molecule has 0 bridgehead atoms. The van der Waals surface area contributed by atoms with E-state index in [0.717, 1.165) is 16.7 Å². The minimum Gasteiger partial charge on any atom is -0.484 e. The number of hydrogen-bond acceptors (Lipinski definition) is 4. The van der Waals surface area contributed by atoms with Gasteiger partial charge < -0.3 is 9.15 Å². The summed E-state index contributed by atoms with van der Waals surface area (Å²) in [7, 11) is 0. The molecule has 0 fully saturated rings. The quantitative estimate of drug-likeness (QED) is 0.938. The maximum Gasteiger partial charge on any atom is 0.264 e. The van der Waals surface area contributed by atoms with Gasteiger partial charge in [-0.2, -0.15) is 5.26 Å². The van der Waals surface area contributed by atoms with Gasteiger partial charge in [-0.15, -0.1) is 0 Å². The predicted octanol–water partition coefficient (Wildman–Crippen LogP) is 3.40. The average Bonchev–Trinajstić information content (AvgIpc) is 2.70. The van der Waals surface area contributed by atoms with Crippen molar-refractivity contribution in [1.29, 1.82) is 5.26 Å². The van der Waals surface area contributed by atoms with Crippen LogP contribution in [0.2, 0.25) is 0 Å². The molecule has 0 spiro atoms. The van der Waals surface area contributed by atoms with Crippen LogP contribution in [-0.2, 0) is 4.79 Å². The van der Waals surface area contributed by atoms with Crippen molar-refractivity contribution in [2.24, 2.45) is 0 Å². The van der Waals surface area contributed by atoms with E-state index in [-0.39, 0.29) is 18.4 Å². The van der Waals surface area contributed by atoms with Gasteiger partial charge in [0, 0.05) is 5.56 Å². The van der Waals surface area contributed by atoms with Gasteiger partial charge in [0.2, 0.25) is 5.88 Å². The van der Waals surface area contributed by atoms with Crippen molar-refractivity contribution in [2.45, 2.75) is 27.7 Å². The van der Waals surface area contributed by atoms with Crippen LogP contribution >= 0.6 is 0 Å². The number of furan rings is 1. The zero-order valence-corrected chi connectivity index (χ0v) is 13.1. The number of hydrogen-bond donors (Lipinski definition) is 1. The SMILES string of the molecule is Cc1cc(C)cc(OCC(=O)Nc2oc(C)c(C)c2C#N)c1. The van der Waals surface area contributed by atoms with E-state index in [1.165, 1.54) is 0 Å². The van der Waals surface area contributed by atoms with Gasteiger partial charge in [-0.3, -0.25) is 10.1 Å². The monoisotopic (exact) mass is 298 g/mol. The molecule has 1 aromatic carbocycles. The molecule has 1 aromatic heterocycles. The molecule has 0 aliphatic rings. The molecule has 0 aliphatic heterocycles. The van der Waals surface area contributed by atoms with Crippen LogP contribution in [0.4, 0.5) is 5.88 Å². The Hall–Kier alpha value is -2.74. The van der Waals surface area contributed by atoms with Gasteiger partial charge in [-0.25, -0.2) is 0 Å². The standard InChI is InChI=1S/C17H18N2O3/c1-10-5-11(2)7-14(6-10)21-9-16(20)19-17-15(8-18)12(3)13(4)22-17/h5-7H,9H2,1-4H3,(H,19,20). The van der Waals surface area contributed by atoms with Crippen molar-refractivity contribution in [2.75, 3.05) is 11.9 Å². The zero-order valence-electron chi connectivity index (χ0n) is 13.1. The minimum atomic E-state index is -0.371. The van der Waals surface area contributed by atoms with Crippen LogP contribution in [0, 0.1) is 39.0 Å². The van der Waals surface area contributed by atoms with Crippen molar-refractivity contribution >= 4 is 11.8 Å². The van der Waals surface area contributed by atoms with E-state index in [1.807, 2.05) is 38.1 Å². The molecule has 1 N–H and O–H groups in total. The van der Waals surface area contributed by atoms with Crippen LogP contribution in [0.25, 0.3) is 0 Å². The fourth-order valence-corrected chi connectivity index (χ4v) is 2.18. The Morgan fingerprint density at radius 2 is 1.86 bits per heavy atom. The van der Waals surface area contributed by atoms with Crippen LogP contribution in [0.15, 0.2) is 22.6 Å². The maximum absolute atomic E-state index is 11.9. The van der Waals surface area contributed by atoms with E-state index in [4.69, 9.17) is 14.4 Å². The Bertz CT molecular complexity index is 734. The van der Waals surface area contributed by atoms with Gasteiger partial charge in [0.25, 0.3) is 5.91 Å². The molecule has 2 aromatic rings. The first-order chi connectivity index (χ1) is 10.4. The summed E-state index contributed by atoms with van der Waals surface area (Å²) < 4.78 is 10.9. The molecule has 1 amide bonds. The van der Waals surface area contributed by atoms with Gasteiger partial charge in [-0.1, -0.05) is 6.07 Å². The number of rotatable bonds is 4. The third kappa shape index (κ3) is 3.47. The van der Waals surface area contributed by atoms with Crippen LogP contribution in [0.1, 0.15) is 28.0 Å². The normalized spacial score (nSPS) is 10.1. The van der Waals surface area contributed by atoms with Gasteiger partial charge in [0.1, 0.15) is 23.1 Å². The fourth-order valence-electron chi connectivity index (χ4n) is 2.18. The number of benzene rings is 1. The highest BCUT2D eigenvalue weighted by molar-refractivity contribution is 5.92. The summed E-state index contributed by atoms with van der Waals surface area (Å²) in [5.74, 6) is 1.05. The molecule has 5 heteroatoms. The molecule has 22 heavy (non-hydrogen) atoms. The van der Waals surface area contributed by atoms with Crippen LogP contribution in [0.3, 0.4) is 0 Å². The first kappa shape index (κ1) is 15.6. The molecular weight excluding hydrogens is 280 g/mol. The van der Waals surface area contributed by atoms with E-state index in [0.29, 0.717) is 17.1 Å². The number of anilines is 1. The fraction of sp³-hybridized carbons (Fsp3) is 0.294. The third-order valence-electron chi connectivity index (χ3n) is 3.32. The van der Waals surface area contributed by atoms with E-state index < -0.39 is 0 Å². The van der Waals surface area contributed by atoms with Crippen LogP contribution < -0.4 is 10.1 Å². The number of carbonyl (C=O) groups excluding carboxylic acids is 1. The highest BCUT2D eigenvalue weighted by Crippen LogP contribution is 2.25. The molecule has 1 heterocycles. The van der Waals surface area contributed by atoms with Crippen molar-refractivity contribution in [3.63, 3.8) is 0 Å². The van der Waals surface area contributed by atoms with Crippen molar-refractivity contribution in [3.05, 3.63) is 46.2 Å². The lowest BCUT2D eigenvalue weighted by atomic mass is 10.1. The number of nitrogens with zero attached hydrogens (tertiary/aromatic N) is 1. The maximum atomic E-state index is 11.9. The first-order valence-corrected chi connectivity index (χ1v) is 6.91. The van der Waals surface area contributed by atoms with E-state index in [2.05, 4.69) is 5.32 Å². The number of carbonyl (C=O) groups is 1. The minimum absolute atomic E-state index is 0.146. The lowest BCUT2D eigenvalue weighted by Gasteiger charge is -2.08. The van der Waals surface area contributed by atoms with E-state index in [9.17, 15) is 4.79 Å². The number of nitrogens with one attached hydrogen (secondary N) is 1. The molecule has 5 nitrogen and oxygen atoms in total. The zero-order chi connectivity index (χ0) is 16.3. The highest BCUT2D eigenvalue weighted by atomic mass is 16.5. The highest BCUT2D eigenvalue weighted by Gasteiger charge is 2.16. The lowest BCUT2D eigenvalue weighted by Crippen LogP contribution is -2.20. The summed E-state index contributed by atoms with van der Waals surface area (Å²) in [5.41, 5.74) is 3.21. The number of nitriles is 1. The topological polar surface area (TPSA) is 75.3 Å². The van der Waals surface area contributed by atoms with E-state index in [1.54, 1.807) is 13.8 Å². The van der Waals surface area contributed by atoms with Crippen LogP contribution in [-0.4, -0.2) is 12.5 Å². The molecule has 114 valence electrons. The third-order valence-corrected chi connectivity index (χ3v) is 3.32. The summed E-state index contributed by atoms with van der Waals surface area (Å²) in [6.45, 7) is 7.31. The van der Waals surface area contributed by atoms with Gasteiger partial charge in [-0.05, 0) is 51.0 Å². The molecule has 0 unspecified atom stereocenters. The molecule has 0 saturated heterocycles. The summed E-state index contributed by atoms with van der Waals surface area (Å²) >= 11 is 0. The Balaban J connectivity index is 2.02. The second-order valence-corrected chi connectivity index (χ2v) is 5.26. The first-order valence-electron chi connectivity index (χ1n) is 6.91. The molecule has 0 radical (unpaired) electrons. The Morgan fingerprint density at radius 1 is 1.23 bits per heavy atom. The summed E-state index contributed by atoms with van der Waals surface area (Å²) in [6, 6.07) is 7.78. The van der Waals surface area contributed by atoms with Crippen molar-refractivity contribution in [3.8, 4) is 11.8 Å². The van der Waals surface area contributed by atoms with Gasteiger partial charge in [0.05, 0.1) is 0 Å². The number of ether oxygens (including phenoxy) is 1. The second-order valence-electron chi connectivity index (χ2n) is 5.26. The Kier molecular flexibility index (Phi) is 4.52. The number of aryl methyl sites for hydroxylation is 3. The lowest BCUT2D eigenvalue weighted by molar-refractivity contribution is -0.118. The Morgan fingerprint density at radius 3 is 2.45 bits per heavy atom.